The molecule has 2 N–H and O–H groups in total. The minimum absolute atomic E-state index is 0.0683. The molecule has 3 rings (SSSR count). The predicted molar refractivity (Wildman–Crippen MR) is 121 cm³/mol. The van der Waals surface area contributed by atoms with Crippen LogP contribution in [0.15, 0.2) is 46.1 Å². The lowest BCUT2D eigenvalue weighted by Crippen LogP contribution is -2.26. The first kappa shape index (κ1) is 22.4. The first-order valence-corrected chi connectivity index (χ1v) is 10.5. The van der Waals surface area contributed by atoms with Crippen molar-refractivity contribution in [3.05, 3.63) is 78.6 Å². The molecule has 3 aromatic heterocycles. The third kappa shape index (κ3) is 4.40. The van der Waals surface area contributed by atoms with Gasteiger partial charge in [0, 0.05) is 25.5 Å². The molecule has 10 heteroatoms. The maximum Gasteiger partial charge on any atom is 0.337 e. The lowest BCUT2D eigenvalue weighted by molar-refractivity contribution is 0.0695. The van der Waals surface area contributed by atoms with Crippen LogP contribution in [0.3, 0.4) is 0 Å². The van der Waals surface area contributed by atoms with Crippen molar-refractivity contribution < 1.29 is 9.90 Å². The monoisotopic (exact) mass is 512 g/mol. The van der Waals surface area contributed by atoms with Gasteiger partial charge in [-0.1, -0.05) is 23.2 Å². The number of pyridine rings is 2. The molecule has 0 bridgehead atoms. The number of halogens is 3. The van der Waals surface area contributed by atoms with E-state index in [4.69, 9.17) is 23.2 Å². The highest BCUT2D eigenvalue weighted by molar-refractivity contribution is 9.10. The van der Waals surface area contributed by atoms with Crippen LogP contribution in [-0.2, 0) is 7.05 Å². The van der Waals surface area contributed by atoms with Crippen molar-refractivity contribution >= 4 is 50.8 Å². The molecular formula is C20H19BrCl2N4O3. The summed E-state index contributed by atoms with van der Waals surface area (Å²) in [6.07, 6.45) is 2.97. The number of aromatic nitrogens is 3. The molecule has 0 radical (unpaired) electrons. The van der Waals surface area contributed by atoms with Crippen molar-refractivity contribution in [2.24, 2.45) is 7.05 Å². The van der Waals surface area contributed by atoms with Gasteiger partial charge in [0.2, 0.25) is 0 Å². The lowest BCUT2D eigenvalue weighted by atomic mass is 10.0. The number of carboxylic acid groups (broad SMARTS) is 1. The zero-order valence-corrected chi connectivity index (χ0v) is 19.5. The third-order valence-electron chi connectivity index (χ3n) is 4.55. The van der Waals surface area contributed by atoms with Crippen molar-refractivity contribution in [1.29, 1.82) is 0 Å². The Balaban J connectivity index is 2.28. The number of aryl methyl sites for hydroxylation is 1. The molecule has 0 aliphatic heterocycles. The van der Waals surface area contributed by atoms with Crippen molar-refractivity contribution in [3.8, 4) is 0 Å². The molecule has 1 atom stereocenters. The summed E-state index contributed by atoms with van der Waals surface area (Å²) in [7, 11) is 1.59. The number of rotatable bonds is 6. The molecule has 0 aliphatic rings. The SMILES string of the molecule is CC(C)n1c(Br)cc(C(=O)O)c1C(Nc1cc(Cl)cn(C)c1=O)c1ccc(Cl)cn1. The van der Waals surface area contributed by atoms with Gasteiger partial charge in [-0.2, -0.15) is 0 Å². The van der Waals surface area contributed by atoms with Crippen molar-refractivity contribution in [3.63, 3.8) is 0 Å². The van der Waals surface area contributed by atoms with E-state index in [0.717, 1.165) is 0 Å². The van der Waals surface area contributed by atoms with Crippen LogP contribution in [0.1, 0.15) is 47.7 Å². The highest BCUT2D eigenvalue weighted by Gasteiger charge is 2.29. The maximum atomic E-state index is 12.7. The second kappa shape index (κ2) is 8.83. The fraction of sp³-hybridized carbons (Fsp3) is 0.250. The van der Waals surface area contributed by atoms with Gasteiger partial charge in [-0.15, -0.1) is 0 Å². The number of aromatic carboxylic acids is 1. The second-order valence-electron chi connectivity index (χ2n) is 7.00. The van der Waals surface area contributed by atoms with Crippen molar-refractivity contribution in [1.82, 2.24) is 14.1 Å². The topological polar surface area (TPSA) is 89.2 Å². The van der Waals surface area contributed by atoms with Gasteiger partial charge in [0.15, 0.2) is 0 Å². The molecule has 3 heterocycles. The minimum Gasteiger partial charge on any atom is -0.478 e. The molecule has 0 spiro atoms. The highest BCUT2D eigenvalue weighted by Crippen LogP contribution is 2.35. The quantitative estimate of drug-likeness (QED) is 0.476. The van der Waals surface area contributed by atoms with E-state index in [1.54, 1.807) is 25.2 Å². The van der Waals surface area contributed by atoms with E-state index in [1.807, 2.05) is 18.4 Å². The van der Waals surface area contributed by atoms with Gasteiger partial charge in [0.25, 0.3) is 5.56 Å². The lowest BCUT2D eigenvalue weighted by Gasteiger charge is -2.25. The van der Waals surface area contributed by atoms with Crippen LogP contribution in [-0.4, -0.2) is 25.2 Å². The Morgan fingerprint density at radius 1 is 1.23 bits per heavy atom. The molecular weight excluding hydrogens is 495 g/mol. The van der Waals surface area contributed by atoms with Crippen LogP contribution < -0.4 is 10.9 Å². The van der Waals surface area contributed by atoms with Gasteiger partial charge >= 0.3 is 5.97 Å². The molecule has 0 aliphatic carbocycles. The molecule has 0 fully saturated rings. The fourth-order valence-corrected chi connectivity index (χ4v) is 4.46. The molecule has 158 valence electrons. The first-order valence-electron chi connectivity index (χ1n) is 8.98. The molecule has 30 heavy (non-hydrogen) atoms. The summed E-state index contributed by atoms with van der Waals surface area (Å²) in [5.41, 5.74) is 0.939. The Hall–Kier alpha value is -2.29. The molecule has 0 saturated carbocycles. The number of nitrogens with zero attached hydrogens (tertiary/aromatic N) is 3. The second-order valence-corrected chi connectivity index (χ2v) is 8.69. The molecule has 0 aromatic carbocycles. The Morgan fingerprint density at radius 2 is 1.93 bits per heavy atom. The minimum atomic E-state index is -1.09. The van der Waals surface area contributed by atoms with Crippen LogP contribution in [0, 0.1) is 0 Å². The number of hydrogen-bond acceptors (Lipinski definition) is 4. The molecule has 0 amide bonds. The van der Waals surface area contributed by atoms with E-state index in [-0.39, 0.29) is 22.9 Å². The van der Waals surface area contributed by atoms with Gasteiger partial charge in [-0.3, -0.25) is 9.78 Å². The van der Waals surface area contributed by atoms with Crippen LogP contribution in [0.4, 0.5) is 5.69 Å². The number of anilines is 1. The highest BCUT2D eigenvalue weighted by atomic mass is 79.9. The smallest absolute Gasteiger partial charge is 0.337 e. The Labute approximate surface area is 191 Å². The summed E-state index contributed by atoms with van der Waals surface area (Å²) in [6, 6.07) is 5.57. The molecule has 1 unspecified atom stereocenters. The van der Waals surface area contributed by atoms with Crippen molar-refractivity contribution in [2.75, 3.05) is 5.32 Å². The van der Waals surface area contributed by atoms with Gasteiger partial charge in [-0.25, -0.2) is 4.79 Å². The number of nitrogens with one attached hydrogen (secondary N) is 1. The van der Waals surface area contributed by atoms with Crippen LogP contribution in [0.2, 0.25) is 10.0 Å². The average Bonchev–Trinajstić information content (AvgIpc) is 3.01. The fourth-order valence-electron chi connectivity index (χ4n) is 3.27. The van der Waals surface area contributed by atoms with Crippen LogP contribution in [0.5, 0.6) is 0 Å². The van der Waals surface area contributed by atoms with Gasteiger partial charge in [0.05, 0.1) is 31.6 Å². The van der Waals surface area contributed by atoms with Crippen molar-refractivity contribution in [2.45, 2.75) is 25.9 Å². The molecule has 3 aromatic rings. The predicted octanol–water partition coefficient (Wildman–Crippen LogP) is 5.13. The van der Waals surface area contributed by atoms with E-state index in [9.17, 15) is 14.7 Å². The summed E-state index contributed by atoms with van der Waals surface area (Å²) >= 11 is 15.6. The summed E-state index contributed by atoms with van der Waals surface area (Å²) in [4.78, 5) is 29.1. The zero-order chi connectivity index (χ0) is 22.2. The Bertz CT molecular complexity index is 1160. The van der Waals surface area contributed by atoms with Gasteiger partial charge < -0.3 is 19.6 Å². The third-order valence-corrected chi connectivity index (χ3v) is 5.59. The van der Waals surface area contributed by atoms with Gasteiger partial charge in [0.1, 0.15) is 11.7 Å². The molecule has 7 nitrogen and oxygen atoms in total. The summed E-state index contributed by atoms with van der Waals surface area (Å²) in [5.74, 6) is -1.09. The van der Waals surface area contributed by atoms with Gasteiger partial charge in [-0.05, 0) is 54.0 Å². The van der Waals surface area contributed by atoms with Crippen LogP contribution in [0.25, 0.3) is 0 Å². The number of hydrogen-bond donors (Lipinski definition) is 2. The van der Waals surface area contributed by atoms with E-state index in [1.165, 1.54) is 23.0 Å². The first-order chi connectivity index (χ1) is 14.1. The van der Waals surface area contributed by atoms with E-state index in [2.05, 4.69) is 26.2 Å². The Morgan fingerprint density at radius 3 is 2.50 bits per heavy atom. The van der Waals surface area contributed by atoms with Crippen LogP contribution >= 0.6 is 39.1 Å². The van der Waals surface area contributed by atoms with E-state index in [0.29, 0.717) is 26.0 Å². The molecule has 0 saturated heterocycles. The number of carboxylic acids is 1. The normalized spacial score (nSPS) is 12.2. The number of carbonyl (C=O) groups is 1. The van der Waals surface area contributed by atoms with E-state index < -0.39 is 12.0 Å². The largest absolute Gasteiger partial charge is 0.478 e. The standard InChI is InChI=1S/C20H19BrCl2N4O3/c1-10(2)27-16(21)7-13(20(29)30)18(27)17(14-5-4-11(22)8-24-14)25-15-6-12(23)9-26(3)19(15)28/h4-10,17,25H,1-3H3,(H,29,30). The average molecular weight is 514 g/mol. The summed E-state index contributed by atoms with van der Waals surface area (Å²) in [5, 5.41) is 13.8. The maximum absolute atomic E-state index is 12.7. The van der Waals surface area contributed by atoms with E-state index >= 15 is 0 Å². The Kier molecular flexibility index (Phi) is 6.59. The summed E-state index contributed by atoms with van der Waals surface area (Å²) < 4.78 is 3.79. The summed E-state index contributed by atoms with van der Waals surface area (Å²) in [6.45, 7) is 3.87. The zero-order valence-electron chi connectivity index (χ0n) is 16.4.